The van der Waals surface area contributed by atoms with E-state index in [1.807, 2.05) is 38.1 Å². The van der Waals surface area contributed by atoms with Gasteiger partial charge in [0.25, 0.3) is 5.91 Å². The van der Waals surface area contributed by atoms with E-state index in [1.54, 1.807) is 4.90 Å². The molecule has 0 unspecified atom stereocenters. The van der Waals surface area contributed by atoms with Gasteiger partial charge in [-0.05, 0) is 44.0 Å². The molecule has 0 aliphatic carbocycles. The Morgan fingerprint density at radius 1 is 1.21 bits per heavy atom. The molecular formula is C18H23NO3S2. The lowest BCUT2D eigenvalue weighted by molar-refractivity contribution is -0.121. The molecule has 0 spiro atoms. The molecule has 24 heavy (non-hydrogen) atoms. The Morgan fingerprint density at radius 2 is 2.00 bits per heavy atom. The molecule has 0 radical (unpaired) electrons. The van der Waals surface area contributed by atoms with Gasteiger partial charge in [0.2, 0.25) is 0 Å². The fraction of sp³-hybridized carbons (Fsp3) is 0.444. The van der Waals surface area contributed by atoms with E-state index in [0.717, 1.165) is 24.2 Å². The molecule has 0 N–H and O–H groups in total. The summed E-state index contributed by atoms with van der Waals surface area (Å²) < 4.78 is 12.1. The summed E-state index contributed by atoms with van der Waals surface area (Å²) in [7, 11) is 0. The first kappa shape index (κ1) is 18.8. The van der Waals surface area contributed by atoms with Gasteiger partial charge in [-0.25, -0.2) is 0 Å². The van der Waals surface area contributed by atoms with Crippen LogP contribution in [0.25, 0.3) is 6.08 Å². The Morgan fingerprint density at radius 3 is 2.62 bits per heavy atom. The van der Waals surface area contributed by atoms with Gasteiger partial charge >= 0.3 is 0 Å². The third-order valence-corrected chi connectivity index (χ3v) is 4.89. The molecule has 1 heterocycles. The summed E-state index contributed by atoms with van der Waals surface area (Å²) >= 11 is 6.58. The summed E-state index contributed by atoms with van der Waals surface area (Å²) in [6.07, 6.45) is 3.95. The van der Waals surface area contributed by atoms with E-state index in [0.29, 0.717) is 34.7 Å². The van der Waals surface area contributed by atoms with Crippen LogP contribution in [0.2, 0.25) is 0 Å². The number of amides is 1. The van der Waals surface area contributed by atoms with E-state index in [9.17, 15) is 4.79 Å². The lowest BCUT2D eigenvalue weighted by Gasteiger charge is -2.12. The smallest absolute Gasteiger partial charge is 0.266 e. The van der Waals surface area contributed by atoms with Crippen LogP contribution in [-0.4, -0.2) is 34.9 Å². The molecule has 130 valence electrons. The number of hydrogen-bond acceptors (Lipinski definition) is 5. The van der Waals surface area contributed by atoms with E-state index in [4.69, 9.17) is 21.7 Å². The average Bonchev–Trinajstić information content (AvgIpc) is 2.83. The summed E-state index contributed by atoms with van der Waals surface area (Å²) in [5.41, 5.74) is 0.901. The molecule has 1 fully saturated rings. The molecule has 4 nitrogen and oxygen atoms in total. The van der Waals surface area contributed by atoms with Crippen molar-refractivity contribution in [2.45, 2.75) is 33.6 Å². The van der Waals surface area contributed by atoms with Crippen molar-refractivity contribution in [1.29, 1.82) is 0 Å². The molecule has 1 amide bonds. The zero-order valence-corrected chi connectivity index (χ0v) is 16.0. The van der Waals surface area contributed by atoms with E-state index in [-0.39, 0.29) is 5.91 Å². The first-order chi connectivity index (χ1) is 11.6. The van der Waals surface area contributed by atoms with Crippen LogP contribution in [0.3, 0.4) is 0 Å². The summed E-state index contributed by atoms with van der Waals surface area (Å²) in [4.78, 5) is 14.5. The highest BCUT2D eigenvalue weighted by Gasteiger charge is 2.30. The Balaban J connectivity index is 2.22. The second kappa shape index (κ2) is 9.08. The zero-order valence-electron chi connectivity index (χ0n) is 14.3. The maximum Gasteiger partial charge on any atom is 0.266 e. The van der Waals surface area contributed by atoms with Crippen LogP contribution in [0.15, 0.2) is 23.1 Å². The lowest BCUT2D eigenvalue weighted by Crippen LogP contribution is -2.27. The van der Waals surface area contributed by atoms with Gasteiger partial charge in [-0.2, -0.15) is 0 Å². The minimum Gasteiger partial charge on any atom is -0.490 e. The van der Waals surface area contributed by atoms with Crippen LogP contribution in [0.4, 0.5) is 0 Å². The van der Waals surface area contributed by atoms with Crippen LogP contribution < -0.4 is 9.47 Å². The number of carbonyl (C=O) groups excluding carboxylic acids is 1. The number of thioether (sulfide) groups is 1. The molecule has 1 aromatic rings. The quantitative estimate of drug-likeness (QED) is 0.386. The normalized spacial score (nSPS) is 16.1. The van der Waals surface area contributed by atoms with Gasteiger partial charge in [-0.15, -0.1) is 0 Å². The van der Waals surface area contributed by atoms with Crippen LogP contribution in [0.5, 0.6) is 11.5 Å². The largest absolute Gasteiger partial charge is 0.490 e. The third kappa shape index (κ3) is 4.51. The predicted octanol–water partition coefficient (Wildman–Crippen LogP) is 4.49. The predicted molar refractivity (Wildman–Crippen MR) is 104 cm³/mol. The van der Waals surface area contributed by atoms with E-state index < -0.39 is 0 Å². The summed E-state index contributed by atoms with van der Waals surface area (Å²) in [5, 5.41) is 0. The number of ether oxygens (including phenoxy) is 2. The van der Waals surface area contributed by atoms with Gasteiger partial charge in [0.1, 0.15) is 4.32 Å². The standard InChI is InChI=1S/C18H23NO3S2/c1-4-7-10-22-14-9-8-13(11-15(14)21-6-3)12-16-17(20)19(5-2)18(23)24-16/h8-9,11-12H,4-7,10H2,1-3H3/b16-12+. The van der Waals surface area contributed by atoms with Gasteiger partial charge in [0.05, 0.1) is 18.1 Å². The summed E-state index contributed by atoms with van der Waals surface area (Å²) in [6, 6.07) is 5.73. The second-order valence-corrected chi connectivity index (χ2v) is 6.94. The molecule has 0 atom stereocenters. The summed E-state index contributed by atoms with van der Waals surface area (Å²) in [5.74, 6) is 1.41. The third-order valence-electron chi connectivity index (χ3n) is 3.51. The molecule has 1 aliphatic rings. The van der Waals surface area contributed by atoms with Gasteiger partial charge in [-0.1, -0.05) is 43.4 Å². The number of thiocarbonyl (C=S) groups is 1. The Bertz CT molecular complexity index is 643. The van der Waals surface area contributed by atoms with Crippen molar-refractivity contribution < 1.29 is 14.3 Å². The topological polar surface area (TPSA) is 38.8 Å². The van der Waals surface area contributed by atoms with E-state index in [1.165, 1.54) is 11.8 Å². The molecule has 1 aromatic carbocycles. The fourth-order valence-electron chi connectivity index (χ4n) is 2.25. The fourth-order valence-corrected chi connectivity index (χ4v) is 3.64. The van der Waals surface area contributed by atoms with Crippen molar-refractivity contribution in [1.82, 2.24) is 4.90 Å². The first-order valence-electron chi connectivity index (χ1n) is 8.25. The minimum atomic E-state index is -0.0336. The van der Waals surface area contributed by atoms with Gasteiger partial charge in [-0.3, -0.25) is 9.69 Å². The maximum atomic E-state index is 12.3. The highest BCUT2D eigenvalue weighted by molar-refractivity contribution is 8.26. The Labute approximate surface area is 153 Å². The van der Waals surface area contributed by atoms with Crippen LogP contribution in [0, 0.1) is 0 Å². The Kier molecular flexibility index (Phi) is 7.12. The second-order valence-electron chi connectivity index (χ2n) is 5.27. The molecule has 6 heteroatoms. The van der Waals surface area contributed by atoms with Crippen LogP contribution in [0.1, 0.15) is 39.2 Å². The maximum absolute atomic E-state index is 12.3. The molecular weight excluding hydrogens is 342 g/mol. The highest BCUT2D eigenvalue weighted by atomic mass is 32.2. The van der Waals surface area contributed by atoms with Gasteiger partial charge in [0.15, 0.2) is 11.5 Å². The monoisotopic (exact) mass is 365 g/mol. The number of benzene rings is 1. The molecule has 0 aromatic heterocycles. The highest BCUT2D eigenvalue weighted by Crippen LogP contribution is 2.34. The average molecular weight is 366 g/mol. The number of nitrogens with zero attached hydrogens (tertiary/aromatic N) is 1. The van der Waals surface area contributed by atoms with Crippen LogP contribution >= 0.6 is 24.0 Å². The van der Waals surface area contributed by atoms with Crippen molar-refractivity contribution in [2.75, 3.05) is 19.8 Å². The molecule has 1 aliphatic heterocycles. The van der Waals surface area contributed by atoms with Crippen molar-refractivity contribution in [2.24, 2.45) is 0 Å². The number of likely N-dealkylation sites (N-methyl/N-ethyl adjacent to an activating group) is 1. The number of carbonyl (C=O) groups is 1. The Hall–Kier alpha value is -1.53. The molecule has 1 saturated heterocycles. The molecule has 0 saturated carbocycles. The van der Waals surface area contributed by atoms with Gasteiger partial charge < -0.3 is 9.47 Å². The zero-order chi connectivity index (χ0) is 17.5. The van der Waals surface area contributed by atoms with Crippen molar-refractivity contribution in [3.05, 3.63) is 28.7 Å². The first-order valence-corrected chi connectivity index (χ1v) is 9.48. The molecule has 2 rings (SSSR count). The van der Waals surface area contributed by atoms with Crippen LogP contribution in [-0.2, 0) is 4.79 Å². The van der Waals surface area contributed by atoms with Crippen molar-refractivity contribution in [3.8, 4) is 11.5 Å². The minimum absolute atomic E-state index is 0.0336. The lowest BCUT2D eigenvalue weighted by atomic mass is 10.2. The van der Waals surface area contributed by atoms with E-state index >= 15 is 0 Å². The van der Waals surface area contributed by atoms with Gasteiger partial charge in [0, 0.05) is 6.54 Å². The SMILES string of the molecule is CCCCOc1ccc(/C=C2/SC(=S)N(CC)C2=O)cc1OCC. The van der Waals surface area contributed by atoms with Crippen molar-refractivity contribution >= 4 is 40.3 Å². The molecule has 0 bridgehead atoms. The van der Waals surface area contributed by atoms with Crippen molar-refractivity contribution in [3.63, 3.8) is 0 Å². The number of rotatable bonds is 8. The number of unbranched alkanes of at least 4 members (excludes halogenated alkanes) is 1. The number of hydrogen-bond donors (Lipinski definition) is 0. The summed E-state index contributed by atoms with van der Waals surface area (Å²) in [6.45, 7) is 7.81. The van der Waals surface area contributed by atoms with E-state index in [2.05, 4.69) is 6.92 Å².